The van der Waals surface area contributed by atoms with Crippen molar-refractivity contribution in [2.75, 3.05) is 7.05 Å². The van der Waals surface area contributed by atoms with Gasteiger partial charge in [-0.15, -0.1) is 0 Å². The number of hydrogen-bond acceptors (Lipinski definition) is 4. The Morgan fingerprint density at radius 2 is 2.13 bits per heavy atom. The maximum absolute atomic E-state index is 5.30. The van der Waals surface area contributed by atoms with Gasteiger partial charge >= 0.3 is 0 Å². The minimum absolute atomic E-state index is 0.464. The Morgan fingerprint density at radius 3 is 2.87 bits per heavy atom. The van der Waals surface area contributed by atoms with E-state index in [-0.39, 0.29) is 0 Å². The Kier molecular flexibility index (Phi) is 2.24. The molecule has 0 amide bonds. The summed E-state index contributed by atoms with van der Waals surface area (Å²) in [6.07, 6.45) is 6.14. The van der Waals surface area contributed by atoms with Crippen LogP contribution in [0.2, 0.25) is 0 Å². The number of nitrogens with zero attached hydrogens (tertiary/aromatic N) is 2. The fourth-order valence-electron chi connectivity index (χ4n) is 2.51. The lowest BCUT2D eigenvalue weighted by molar-refractivity contribution is 0.366. The molecule has 0 spiro atoms. The summed E-state index contributed by atoms with van der Waals surface area (Å²) in [5.74, 6) is 2.83. The first-order valence-corrected chi connectivity index (χ1v) is 5.89. The molecule has 2 saturated carbocycles. The molecule has 1 heterocycles. The molecule has 3 rings (SSSR count). The van der Waals surface area contributed by atoms with E-state index in [2.05, 4.69) is 15.5 Å². The van der Waals surface area contributed by atoms with Crippen LogP contribution in [0.5, 0.6) is 0 Å². The summed E-state index contributed by atoms with van der Waals surface area (Å²) in [4.78, 5) is 4.53. The molecule has 1 aromatic heterocycles. The summed E-state index contributed by atoms with van der Waals surface area (Å²) >= 11 is 0. The summed E-state index contributed by atoms with van der Waals surface area (Å²) in [5, 5.41) is 7.48. The van der Waals surface area contributed by atoms with Gasteiger partial charge in [0.25, 0.3) is 0 Å². The Bertz CT molecular complexity index is 345. The third-order valence-corrected chi connectivity index (χ3v) is 3.60. The molecular formula is C11H17N3O. The van der Waals surface area contributed by atoms with Crippen molar-refractivity contribution in [3.8, 4) is 0 Å². The Balaban J connectivity index is 1.78. The quantitative estimate of drug-likeness (QED) is 0.821. The Hall–Kier alpha value is -0.900. The van der Waals surface area contributed by atoms with Crippen LogP contribution in [0.4, 0.5) is 0 Å². The molecule has 4 heteroatoms. The van der Waals surface area contributed by atoms with Gasteiger partial charge < -0.3 is 9.84 Å². The standard InChI is InChI=1S/C11H17N3O/c1-12-9-4-2-3-8(9)10-13-11(15-14-10)7-5-6-7/h7-9,12H,2-6H2,1H3. The highest BCUT2D eigenvalue weighted by Gasteiger charge is 2.34. The van der Waals surface area contributed by atoms with Crippen molar-refractivity contribution in [3.63, 3.8) is 0 Å². The highest BCUT2D eigenvalue weighted by atomic mass is 16.5. The first-order chi connectivity index (χ1) is 7.38. The van der Waals surface area contributed by atoms with Crippen molar-refractivity contribution >= 4 is 0 Å². The second-order valence-corrected chi connectivity index (χ2v) is 4.70. The average Bonchev–Trinajstić information content (AvgIpc) is 2.83. The maximum Gasteiger partial charge on any atom is 0.229 e. The smallest absolute Gasteiger partial charge is 0.229 e. The molecule has 0 bridgehead atoms. The second kappa shape index (κ2) is 3.59. The lowest BCUT2D eigenvalue weighted by Crippen LogP contribution is -2.28. The normalized spacial score (nSPS) is 31.0. The fraction of sp³-hybridized carbons (Fsp3) is 0.818. The SMILES string of the molecule is CNC1CCCC1c1noc(C2CC2)n1. The van der Waals surface area contributed by atoms with Gasteiger partial charge in [-0.1, -0.05) is 11.6 Å². The van der Waals surface area contributed by atoms with Gasteiger partial charge in [-0.3, -0.25) is 0 Å². The lowest BCUT2D eigenvalue weighted by Gasteiger charge is -2.14. The first kappa shape index (κ1) is 9.33. The topological polar surface area (TPSA) is 51.0 Å². The largest absolute Gasteiger partial charge is 0.339 e. The number of likely N-dealkylation sites (N-methyl/N-ethyl adjacent to an activating group) is 1. The zero-order chi connectivity index (χ0) is 10.3. The summed E-state index contributed by atoms with van der Waals surface area (Å²) in [6.45, 7) is 0. The maximum atomic E-state index is 5.30. The van der Waals surface area contributed by atoms with E-state index in [0.29, 0.717) is 17.9 Å². The number of aromatic nitrogens is 2. The molecule has 2 fully saturated rings. The van der Waals surface area contributed by atoms with E-state index >= 15 is 0 Å². The molecule has 0 radical (unpaired) electrons. The van der Waals surface area contributed by atoms with E-state index in [9.17, 15) is 0 Å². The van der Waals surface area contributed by atoms with E-state index in [1.807, 2.05) is 7.05 Å². The van der Waals surface area contributed by atoms with Gasteiger partial charge in [0.1, 0.15) is 0 Å². The predicted molar refractivity (Wildman–Crippen MR) is 55.7 cm³/mol. The summed E-state index contributed by atoms with van der Waals surface area (Å²) in [5.41, 5.74) is 0. The van der Waals surface area contributed by atoms with Crippen LogP contribution in [-0.4, -0.2) is 23.2 Å². The minimum Gasteiger partial charge on any atom is -0.339 e. The number of rotatable bonds is 3. The third-order valence-electron chi connectivity index (χ3n) is 3.60. The molecule has 15 heavy (non-hydrogen) atoms. The molecule has 0 saturated heterocycles. The van der Waals surface area contributed by atoms with Crippen molar-refractivity contribution in [1.82, 2.24) is 15.5 Å². The predicted octanol–water partition coefficient (Wildman–Crippen LogP) is 1.80. The molecule has 0 aromatic carbocycles. The summed E-state index contributed by atoms with van der Waals surface area (Å²) in [7, 11) is 2.02. The van der Waals surface area contributed by atoms with Gasteiger partial charge in [0.05, 0.1) is 0 Å². The van der Waals surface area contributed by atoms with Gasteiger partial charge in [-0.25, -0.2) is 0 Å². The molecule has 1 N–H and O–H groups in total. The molecule has 82 valence electrons. The van der Waals surface area contributed by atoms with Crippen LogP contribution in [0.25, 0.3) is 0 Å². The Morgan fingerprint density at radius 1 is 1.27 bits per heavy atom. The summed E-state index contributed by atoms with van der Waals surface area (Å²) < 4.78 is 5.30. The van der Waals surface area contributed by atoms with E-state index in [4.69, 9.17) is 4.52 Å². The van der Waals surface area contributed by atoms with E-state index in [1.54, 1.807) is 0 Å². The van der Waals surface area contributed by atoms with Crippen LogP contribution in [0, 0.1) is 0 Å². The van der Waals surface area contributed by atoms with Gasteiger partial charge in [-0.2, -0.15) is 4.98 Å². The van der Waals surface area contributed by atoms with Gasteiger partial charge in [0.2, 0.25) is 5.89 Å². The molecule has 2 unspecified atom stereocenters. The second-order valence-electron chi connectivity index (χ2n) is 4.70. The minimum atomic E-state index is 0.464. The van der Waals surface area contributed by atoms with E-state index in [0.717, 1.165) is 11.7 Å². The molecule has 0 aliphatic heterocycles. The zero-order valence-electron chi connectivity index (χ0n) is 9.07. The molecular weight excluding hydrogens is 190 g/mol. The molecule has 2 aliphatic carbocycles. The monoisotopic (exact) mass is 207 g/mol. The highest BCUT2D eigenvalue weighted by molar-refractivity contribution is 5.08. The van der Waals surface area contributed by atoms with E-state index < -0.39 is 0 Å². The average molecular weight is 207 g/mol. The van der Waals surface area contributed by atoms with Gasteiger partial charge in [-0.05, 0) is 32.7 Å². The molecule has 2 atom stereocenters. The van der Waals surface area contributed by atoms with Crippen molar-refractivity contribution < 1.29 is 4.52 Å². The third kappa shape index (κ3) is 1.67. The summed E-state index contributed by atoms with van der Waals surface area (Å²) in [6, 6.07) is 0.537. The molecule has 1 aromatic rings. The van der Waals surface area contributed by atoms with Crippen molar-refractivity contribution in [2.24, 2.45) is 0 Å². The van der Waals surface area contributed by atoms with Crippen LogP contribution in [-0.2, 0) is 0 Å². The highest BCUT2D eigenvalue weighted by Crippen LogP contribution is 2.40. The van der Waals surface area contributed by atoms with Crippen molar-refractivity contribution in [1.29, 1.82) is 0 Å². The van der Waals surface area contributed by atoms with Crippen molar-refractivity contribution in [3.05, 3.63) is 11.7 Å². The number of nitrogens with one attached hydrogen (secondary N) is 1. The van der Waals surface area contributed by atoms with Gasteiger partial charge in [0.15, 0.2) is 5.82 Å². The van der Waals surface area contributed by atoms with Crippen LogP contribution in [0.1, 0.15) is 55.7 Å². The van der Waals surface area contributed by atoms with Crippen molar-refractivity contribution in [2.45, 2.75) is 50.0 Å². The fourth-order valence-corrected chi connectivity index (χ4v) is 2.51. The van der Waals surface area contributed by atoms with Crippen LogP contribution in [0.15, 0.2) is 4.52 Å². The first-order valence-electron chi connectivity index (χ1n) is 5.89. The molecule has 2 aliphatic rings. The van der Waals surface area contributed by atoms with Crippen LogP contribution in [0.3, 0.4) is 0 Å². The molecule has 4 nitrogen and oxygen atoms in total. The lowest BCUT2D eigenvalue weighted by atomic mass is 10.0. The van der Waals surface area contributed by atoms with Crippen LogP contribution < -0.4 is 5.32 Å². The Labute approximate surface area is 89.4 Å². The number of hydrogen-bond donors (Lipinski definition) is 1. The van der Waals surface area contributed by atoms with Crippen LogP contribution >= 0.6 is 0 Å². The van der Waals surface area contributed by atoms with E-state index in [1.165, 1.54) is 32.1 Å². The van der Waals surface area contributed by atoms with Gasteiger partial charge in [0, 0.05) is 17.9 Å². The zero-order valence-corrected chi connectivity index (χ0v) is 9.07.